The molecule has 0 atom stereocenters. The Morgan fingerprint density at radius 2 is 1.93 bits per heavy atom. The normalized spacial score (nSPS) is 19.9. The van der Waals surface area contributed by atoms with E-state index in [1.165, 1.54) is 0 Å². The number of aliphatic hydroxyl groups excluding tert-OH is 1. The zero-order chi connectivity index (χ0) is 20.9. The van der Waals surface area contributed by atoms with Crippen molar-refractivity contribution in [2.75, 3.05) is 54.5 Å². The largest absolute Gasteiger partial charge is 0.395 e. The number of nitrogens with zero attached hydrogens (tertiary/aromatic N) is 4. The van der Waals surface area contributed by atoms with Crippen LogP contribution in [0.15, 0.2) is 29.1 Å². The molecule has 1 fully saturated rings. The fourth-order valence-corrected chi connectivity index (χ4v) is 5.30. The molecule has 30 heavy (non-hydrogen) atoms. The lowest BCUT2D eigenvalue weighted by molar-refractivity contribution is -0.123. The van der Waals surface area contributed by atoms with Gasteiger partial charge in [0, 0.05) is 38.9 Å². The van der Waals surface area contributed by atoms with Crippen molar-refractivity contribution >= 4 is 23.4 Å². The van der Waals surface area contributed by atoms with E-state index in [0.717, 1.165) is 24.2 Å². The molecule has 3 aliphatic heterocycles. The van der Waals surface area contributed by atoms with E-state index in [0.29, 0.717) is 56.2 Å². The van der Waals surface area contributed by atoms with Gasteiger partial charge in [-0.2, -0.15) is 4.98 Å². The quantitative estimate of drug-likeness (QED) is 0.787. The molecule has 0 aliphatic carbocycles. The minimum absolute atomic E-state index is 0.0323. The Balaban J connectivity index is 1.43. The molecule has 4 heterocycles. The van der Waals surface area contributed by atoms with Gasteiger partial charge in [0.25, 0.3) is 5.56 Å². The van der Waals surface area contributed by atoms with Crippen LogP contribution in [0, 0.1) is 0 Å². The molecule has 3 aliphatic rings. The number of aromatic amines is 1. The van der Waals surface area contributed by atoms with Gasteiger partial charge in [-0.05, 0) is 37.3 Å². The zero-order valence-corrected chi connectivity index (χ0v) is 17.2. The van der Waals surface area contributed by atoms with Crippen LogP contribution < -0.4 is 20.3 Å². The predicted octanol–water partition coefficient (Wildman–Crippen LogP) is 1.03. The Morgan fingerprint density at radius 3 is 2.70 bits per heavy atom. The van der Waals surface area contributed by atoms with Gasteiger partial charge in [0.1, 0.15) is 5.82 Å². The van der Waals surface area contributed by atoms with Crippen molar-refractivity contribution in [2.24, 2.45) is 0 Å². The van der Waals surface area contributed by atoms with Crippen molar-refractivity contribution < 1.29 is 9.90 Å². The van der Waals surface area contributed by atoms with E-state index >= 15 is 0 Å². The fourth-order valence-electron chi connectivity index (χ4n) is 5.30. The third-order valence-electron chi connectivity index (χ3n) is 6.92. The number of β-amino-alcohol motifs (C(OH)–C–C–N with tert-alkyl or cyclic N) is 1. The van der Waals surface area contributed by atoms with E-state index < -0.39 is 5.41 Å². The number of carbonyl (C=O) groups is 1. The smallest absolute Gasteiger partial charge is 0.257 e. The van der Waals surface area contributed by atoms with E-state index in [4.69, 9.17) is 4.98 Å². The van der Waals surface area contributed by atoms with Gasteiger partial charge in [0.05, 0.1) is 17.6 Å². The van der Waals surface area contributed by atoms with E-state index in [1.807, 2.05) is 30.1 Å². The van der Waals surface area contributed by atoms with E-state index in [9.17, 15) is 14.7 Å². The van der Waals surface area contributed by atoms with Crippen LogP contribution in [-0.2, 0) is 16.6 Å². The molecule has 0 unspecified atom stereocenters. The van der Waals surface area contributed by atoms with Gasteiger partial charge < -0.3 is 19.8 Å². The van der Waals surface area contributed by atoms with Gasteiger partial charge in [0.15, 0.2) is 0 Å². The molecule has 1 amide bonds. The van der Waals surface area contributed by atoms with Crippen molar-refractivity contribution in [1.29, 1.82) is 0 Å². The molecule has 0 radical (unpaired) electrons. The number of nitrogens with one attached hydrogen (secondary N) is 1. The standard InChI is InChI=1S/C22H27N5O3/c1-25-17-7-3-2-6-16(17)22(20(25)30)8-11-27(12-9-22)21-23-18-15(19(29)24-21)5-4-10-26(18)13-14-28/h2-3,6-7,28H,4-5,8-14H2,1H3,(H,23,24,29). The molecule has 0 saturated carbocycles. The number of likely N-dealkylation sites (N-methyl/N-ethyl adjacent to an activating group) is 1. The van der Waals surface area contributed by atoms with Crippen LogP contribution in [0.3, 0.4) is 0 Å². The number of hydrogen-bond acceptors (Lipinski definition) is 6. The second kappa shape index (κ2) is 7.12. The Labute approximate surface area is 175 Å². The molecule has 8 nitrogen and oxygen atoms in total. The number of aromatic nitrogens is 2. The van der Waals surface area contributed by atoms with Crippen LogP contribution in [0.2, 0.25) is 0 Å². The summed E-state index contributed by atoms with van der Waals surface area (Å²) in [6.07, 6.45) is 2.97. The summed E-state index contributed by atoms with van der Waals surface area (Å²) in [4.78, 5) is 39.4. The van der Waals surface area contributed by atoms with E-state index in [-0.39, 0.29) is 18.1 Å². The van der Waals surface area contributed by atoms with Crippen molar-refractivity contribution in [1.82, 2.24) is 9.97 Å². The van der Waals surface area contributed by atoms with Crippen molar-refractivity contribution in [3.05, 3.63) is 45.7 Å². The Bertz CT molecular complexity index is 1040. The number of piperidine rings is 1. The molecule has 1 saturated heterocycles. The first-order valence-corrected chi connectivity index (χ1v) is 10.7. The first kappa shape index (κ1) is 19.1. The molecular formula is C22H27N5O3. The minimum Gasteiger partial charge on any atom is -0.395 e. The van der Waals surface area contributed by atoms with Gasteiger partial charge in [-0.1, -0.05) is 18.2 Å². The highest BCUT2D eigenvalue weighted by Gasteiger charge is 2.51. The Hall–Kier alpha value is -2.87. The number of fused-ring (bicyclic) bond motifs is 3. The highest BCUT2D eigenvalue weighted by Crippen LogP contribution is 2.47. The molecule has 5 rings (SSSR count). The summed E-state index contributed by atoms with van der Waals surface area (Å²) in [5.41, 5.74) is 2.22. The van der Waals surface area contributed by atoms with Gasteiger partial charge in [-0.3, -0.25) is 14.6 Å². The predicted molar refractivity (Wildman–Crippen MR) is 115 cm³/mol. The van der Waals surface area contributed by atoms with Crippen LogP contribution in [0.4, 0.5) is 17.5 Å². The lowest BCUT2D eigenvalue weighted by atomic mass is 9.73. The second-order valence-electron chi connectivity index (χ2n) is 8.46. The Kier molecular flexibility index (Phi) is 4.54. The van der Waals surface area contributed by atoms with Gasteiger partial charge in [-0.25, -0.2) is 0 Å². The third-order valence-corrected chi connectivity index (χ3v) is 6.92. The van der Waals surface area contributed by atoms with Crippen LogP contribution in [0.1, 0.15) is 30.4 Å². The maximum absolute atomic E-state index is 13.1. The van der Waals surface area contributed by atoms with E-state index in [1.54, 1.807) is 4.90 Å². The topological polar surface area (TPSA) is 92.8 Å². The first-order valence-electron chi connectivity index (χ1n) is 10.7. The van der Waals surface area contributed by atoms with Crippen LogP contribution in [0.5, 0.6) is 0 Å². The summed E-state index contributed by atoms with van der Waals surface area (Å²) in [5.74, 6) is 1.41. The van der Waals surface area contributed by atoms with Crippen LogP contribution in [0.25, 0.3) is 0 Å². The number of H-pyrrole nitrogens is 1. The van der Waals surface area contributed by atoms with E-state index in [2.05, 4.69) is 16.0 Å². The summed E-state index contributed by atoms with van der Waals surface area (Å²) in [5, 5.41) is 9.37. The molecule has 1 spiro atoms. The van der Waals surface area contributed by atoms with Crippen molar-refractivity contribution in [3.8, 4) is 0 Å². The third kappa shape index (κ3) is 2.74. The molecule has 1 aromatic heterocycles. The maximum atomic E-state index is 13.1. The molecule has 2 N–H and O–H groups in total. The molecule has 2 aromatic rings. The van der Waals surface area contributed by atoms with Gasteiger partial charge >= 0.3 is 0 Å². The highest BCUT2D eigenvalue weighted by atomic mass is 16.3. The summed E-state index contributed by atoms with van der Waals surface area (Å²) in [6.45, 7) is 2.60. The number of benzene rings is 1. The molecule has 1 aromatic carbocycles. The summed E-state index contributed by atoms with van der Waals surface area (Å²) >= 11 is 0. The van der Waals surface area contributed by atoms with Gasteiger partial charge in [-0.15, -0.1) is 0 Å². The average Bonchev–Trinajstić information content (AvgIpc) is 2.97. The first-order chi connectivity index (χ1) is 14.5. The summed E-state index contributed by atoms with van der Waals surface area (Å²) in [7, 11) is 1.85. The molecule has 0 bridgehead atoms. The number of amides is 1. The zero-order valence-electron chi connectivity index (χ0n) is 17.2. The Morgan fingerprint density at radius 1 is 1.17 bits per heavy atom. The maximum Gasteiger partial charge on any atom is 0.257 e. The number of para-hydroxylation sites is 1. The molecule has 158 valence electrons. The second-order valence-corrected chi connectivity index (χ2v) is 8.46. The SMILES string of the molecule is CN1C(=O)C2(CCN(c3nc4c(c(=O)[nH]3)CCCN4CCO)CC2)c2ccccc21. The summed E-state index contributed by atoms with van der Waals surface area (Å²) < 4.78 is 0. The lowest BCUT2D eigenvalue weighted by Crippen LogP contribution is -2.49. The monoisotopic (exact) mass is 409 g/mol. The lowest BCUT2D eigenvalue weighted by Gasteiger charge is -2.39. The minimum atomic E-state index is -0.487. The average molecular weight is 409 g/mol. The highest BCUT2D eigenvalue weighted by molar-refractivity contribution is 6.07. The fraction of sp³-hybridized carbons (Fsp3) is 0.500. The molecular weight excluding hydrogens is 382 g/mol. The van der Waals surface area contributed by atoms with Crippen molar-refractivity contribution in [3.63, 3.8) is 0 Å². The van der Waals surface area contributed by atoms with Gasteiger partial charge in [0.2, 0.25) is 11.9 Å². The number of hydrogen-bond donors (Lipinski definition) is 2. The number of anilines is 3. The number of rotatable bonds is 3. The molecule has 8 heteroatoms. The number of aliphatic hydroxyl groups is 1. The van der Waals surface area contributed by atoms with Crippen LogP contribution >= 0.6 is 0 Å². The van der Waals surface area contributed by atoms with Crippen molar-refractivity contribution in [2.45, 2.75) is 31.1 Å². The van der Waals surface area contributed by atoms with Crippen LogP contribution in [-0.4, -0.2) is 60.8 Å². The number of carbonyl (C=O) groups excluding carboxylic acids is 1. The summed E-state index contributed by atoms with van der Waals surface area (Å²) in [6, 6.07) is 8.04.